The molecule has 0 aromatic heterocycles. The number of ether oxygens (including phenoxy) is 2. The van der Waals surface area contributed by atoms with Crippen molar-refractivity contribution in [2.75, 3.05) is 14.2 Å². The van der Waals surface area contributed by atoms with Gasteiger partial charge in [0.25, 0.3) is 0 Å². The first-order valence-corrected chi connectivity index (χ1v) is 12.4. The van der Waals surface area contributed by atoms with E-state index in [0.29, 0.717) is 0 Å². The minimum atomic E-state index is -1.96. The number of methoxy groups -OCH3 is 2. The van der Waals surface area contributed by atoms with E-state index in [4.69, 9.17) is 9.47 Å². The molecule has 0 amide bonds. The van der Waals surface area contributed by atoms with Crippen molar-refractivity contribution in [3.8, 4) is 11.5 Å². The van der Waals surface area contributed by atoms with Crippen LogP contribution in [0.2, 0.25) is 0 Å². The zero-order chi connectivity index (χ0) is 21.7. The summed E-state index contributed by atoms with van der Waals surface area (Å²) in [5.74, 6) is 1.73. The summed E-state index contributed by atoms with van der Waals surface area (Å²) >= 11 is 0. The molecule has 0 fully saturated rings. The van der Waals surface area contributed by atoms with E-state index in [2.05, 4.69) is 103 Å². The summed E-state index contributed by atoms with van der Waals surface area (Å²) in [6.45, 7) is 2.04. The van der Waals surface area contributed by atoms with Gasteiger partial charge in [0.1, 0.15) is 34.7 Å². The average molecular weight is 507 g/mol. The maximum Gasteiger partial charge on any atom is 0.125 e. The fraction of sp³-hybridized carbons (Fsp3) is 0.143. The fourth-order valence-corrected chi connectivity index (χ4v) is 8.49. The Morgan fingerprint density at radius 3 is 1.25 bits per heavy atom. The first-order valence-electron chi connectivity index (χ1n) is 10.5. The van der Waals surface area contributed by atoms with Gasteiger partial charge >= 0.3 is 0 Å². The topological polar surface area (TPSA) is 18.5 Å². The molecule has 0 saturated heterocycles. The highest BCUT2D eigenvalue weighted by molar-refractivity contribution is 7.95. The van der Waals surface area contributed by atoms with Crippen LogP contribution in [-0.2, 0) is 6.16 Å². The van der Waals surface area contributed by atoms with E-state index < -0.39 is 7.26 Å². The van der Waals surface area contributed by atoms with Crippen LogP contribution in [0.1, 0.15) is 11.1 Å². The zero-order valence-corrected chi connectivity index (χ0v) is 21.1. The van der Waals surface area contributed by atoms with Gasteiger partial charge in [0, 0.05) is 5.56 Å². The molecule has 0 spiro atoms. The van der Waals surface area contributed by atoms with Gasteiger partial charge in [-0.15, -0.1) is 0 Å². The van der Waals surface area contributed by atoms with Crippen LogP contribution in [-0.4, -0.2) is 14.2 Å². The second kappa shape index (κ2) is 10.8. The van der Waals surface area contributed by atoms with Crippen molar-refractivity contribution in [2.24, 2.45) is 0 Å². The van der Waals surface area contributed by atoms with Crippen molar-refractivity contribution in [1.29, 1.82) is 0 Å². The number of hydrogen-bond acceptors (Lipinski definition) is 2. The molecule has 0 aliphatic rings. The van der Waals surface area contributed by atoms with Gasteiger partial charge in [-0.1, -0.05) is 54.6 Å². The minimum Gasteiger partial charge on any atom is -1.00 e. The van der Waals surface area contributed by atoms with Gasteiger partial charge in [-0.3, -0.25) is 0 Å². The second-order valence-corrected chi connectivity index (χ2v) is 11.1. The highest BCUT2D eigenvalue weighted by atomic mass is 79.9. The normalized spacial score (nSPS) is 10.8. The van der Waals surface area contributed by atoms with Gasteiger partial charge in [0.05, 0.1) is 20.4 Å². The molecule has 164 valence electrons. The maximum atomic E-state index is 5.69. The molecular weight excluding hydrogens is 479 g/mol. The Morgan fingerprint density at radius 2 is 0.938 bits per heavy atom. The van der Waals surface area contributed by atoms with Crippen LogP contribution in [0.3, 0.4) is 0 Å². The second-order valence-electron chi connectivity index (χ2n) is 7.60. The average Bonchev–Trinajstić information content (AvgIpc) is 2.85. The van der Waals surface area contributed by atoms with E-state index in [1.165, 1.54) is 21.5 Å². The Kier molecular flexibility index (Phi) is 8.12. The molecule has 0 atom stereocenters. The van der Waals surface area contributed by atoms with Crippen molar-refractivity contribution in [2.45, 2.75) is 13.1 Å². The number of hydrogen-bond donors (Lipinski definition) is 0. The van der Waals surface area contributed by atoms with Crippen molar-refractivity contribution in [1.82, 2.24) is 0 Å². The standard InChI is InChI=1S/C28H28O2P.BrH/c1-22-27(29-2)19-23(20-28(22)30-3)21-31(24-13-7-4-8-14-24,25-15-9-5-10-16-25)26-17-11-6-12-18-26;/h4-20H,21H2,1-3H3;1H/q+1;/p-1. The van der Waals surface area contributed by atoms with E-state index in [0.717, 1.165) is 23.2 Å². The van der Waals surface area contributed by atoms with Gasteiger partial charge in [-0.25, -0.2) is 0 Å². The Balaban J connectivity index is 0.00000289. The van der Waals surface area contributed by atoms with E-state index in [9.17, 15) is 0 Å². The summed E-state index contributed by atoms with van der Waals surface area (Å²) in [5.41, 5.74) is 2.24. The molecular formula is C28H28BrO2P. The van der Waals surface area contributed by atoms with Crippen molar-refractivity contribution >= 4 is 23.2 Å². The summed E-state index contributed by atoms with van der Waals surface area (Å²) < 4.78 is 11.4. The van der Waals surface area contributed by atoms with Crippen LogP contribution < -0.4 is 42.4 Å². The Morgan fingerprint density at radius 1 is 0.594 bits per heavy atom. The van der Waals surface area contributed by atoms with Gasteiger partial charge in [0.15, 0.2) is 0 Å². The Hall–Kier alpha value is -2.61. The molecule has 2 nitrogen and oxygen atoms in total. The third-order valence-electron chi connectivity index (χ3n) is 5.82. The van der Waals surface area contributed by atoms with Crippen LogP contribution in [0.4, 0.5) is 0 Å². The predicted octanol–water partition coefficient (Wildman–Crippen LogP) is 2.51. The van der Waals surface area contributed by atoms with Crippen LogP contribution >= 0.6 is 7.26 Å². The fourth-order valence-electron chi connectivity index (χ4n) is 4.27. The van der Waals surface area contributed by atoms with Gasteiger partial charge in [0.2, 0.25) is 0 Å². The first-order chi connectivity index (χ1) is 15.2. The number of rotatable bonds is 7. The molecule has 4 aromatic carbocycles. The molecule has 4 heteroatoms. The molecule has 0 bridgehead atoms. The molecule has 4 aromatic rings. The molecule has 0 aliphatic carbocycles. The number of benzene rings is 4. The van der Waals surface area contributed by atoms with E-state index in [1.54, 1.807) is 14.2 Å². The quantitative estimate of drug-likeness (QED) is 0.358. The molecule has 32 heavy (non-hydrogen) atoms. The van der Waals surface area contributed by atoms with Gasteiger partial charge < -0.3 is 26.5 Å². The van der Waals surface area contributed by atoms with Crippen LogP contribution in [0.15, 0.2) is 103 Å². The molecule has 0 heterocycles. The van der Waals surface area contributed by atoms with Crippen LogP contribution in [0.5, 0.6) is 11.5 Å². The van der Waals surface area contributed by atoms with Crippen molar-refractivity contribution < 1.29 is 26.5 Å². The third-order valence-corrected chi connectivity index (χ3v) is 10.2. The lowest BCUT2D eigenvalue weighted by Crippen LogP contribution is -3.00. The Bertz CT molecular complexity index is 1010. The molecule has 0 N–H and O–H groups in total. The summed E-state index contributed by atoms with van der Waals surface area (Å²) in [6, 6.07) is 37.1. The van der Waals surface area contributed by atoms with Crippen LogP contribution in [0, 0.1) is 6.92 Å². The zero-order valence-electron chi connectivity index (χ0n) is 18.7. The van der Waals surface area contributed by atoms with Crippen molar-refractivity contribution in [3.63, 3.8) is 0 Å². The molecule has 4 rings (SSSR count). The molecule has 0 aliphatic heterocycles. The van der Waals surface area contributed by atoms with Crippen LogP contribution in [0.25, 0.3) is 0 Å². The smallest absolute Gasteiger partial charge is 0.125 e. The van der Waals surface area contributed by atoms with E-state index >= 15 is 0 Å². The van der Waals surface area contributed by atoms with E-state index in [1.807, 2.05) is 6.92 Å². The summed E-state index contributed by atoms with van der Waals surface area (Å²) in [4.78, 5) is 0. The molecule has 0 unspecified atom stereocenters. The monoisotopic (exact) mass is 506 g/mol. The number of halogens is 1. The minimum absolute atomic E-state index is 0. The maximum absolute atomic E-state index is 5.69. The third kappa shape index (κ3) is 4.60. The lowest BCUT2D eigenvalue weighted by Gasteiger charge is -2.28. The summed E-state index contributed by atoms with van der Waals surface area (Å²) in [5, 5.41) is 4.10. The summed E-state index contributed by atoms with van der Waals surface area (Å²) in [7, 11) is 1.48. The predicted molar refractivity (Wildman–Crippen MR) is 133 cm³/mol. The molecule has 0 radical (unpaired) electrons. The first kappa shape index (κ1) is 24.0. The Labute approximate surface area is 202 Å². The largest absolute Gasteiger partial charge is 1.00 e. The lowest BCUT2D eigenvalue weighted by molar-refractivity contribution is -0.00000677. The summed E-state index contributed by atoms with van der Waals surface area (Å²) in [6.07, 6.45) is 0.887. The van der Waals surface area contributed by atoms with Crippen molar-refractivity contribution in [3.05, 3.63) is 114 Å². The van der Waals surface area contributed by atoms with Gasteiger partial charge in [-0.2, -0.15) is 0 Å². The van der Waals surface area contributed by atoms with Gasteiger partial charge in [-0.05, 0) is 61.0 Å². The highest BCUT2D eigenvalue weighted by Gasteiger charge is 2.45. The SMILES string of the molecule is COc1cc(C[P+](c2ccccc2)(c2ccccc2)c2ccccc2)cc(OC)c1C.[Br-]. The molecule has 0 saturated carbocycles. The van der Waals surface area contributed by atoms with E-state index in [-0.39, 0.29) is 17.0 Å². The lowest BCUT2D eigenvalue weighted by atomic mass is 10.1. The highest BCUT2D eigenvalue weighted by Crippen LogP contribution is 2.58.